The van der Waals surface area contributed by atoms with Gasteiger partial charge in [-0.1, -0.05) is 6.92 Å². The monoisotopic (exact) mass is 455 g/mol. The number of nitrogens with zero attached hydrogens (tertiary/aromatic N) is 3. The van der Waals surface area contributed by atoms with Gasteiger partial charge < -0.3 is 10.2 Å². The molecule has 8 heteroatoms. The van der Waals surface area contributed by atoms with Crippen molar-refractivity contribution in [3.8, 4) is 0 Å². The summed E-state index contributed by atoms with van der Waals surface area (Å²) in [5.74, 6) is 0.324. The zero-order chi connectivity index (χ0) is 23.1. The first kappa shape index (κ1) is 22.5. The second-order valence-electron chi connectivity index (χ2n) is 10.2. The van der Waals surface area contributed by atoms with Gasteiger partial charge in [0.25, 0.3) is 0 Å². The van der Waals surface area contributed by atoms with Gasteiger partial charge in [0.15, 0.2) is 0 Å². The number of aryl methyl sites for hydroxylation is 1. The van der Waals surface area contributed by atoms with Crippen LogP contribution in [0.4, 0.5) is 4.39 Å². The van der Waals surface area contributed by atoms with Crippen LogP contribution in [0.5, 0.6) is 0 Å². The molecular formula is C25H34FN5O2. The Morgan fingerprint density at radius 2 is 1.94 bits per heavy atom. The average molecular weight is 456 g/mol. The molecule has 178 valence electrons. The van der Waals surface area contributed by atoms with Crippen molar-refractivity contribution in [1.29, 1.82) is 0 Å². The third kappa shape index (κ3) is 4.43. The molecule has 5 rings (SSSR count). The maximum absolute atomic E-state index is 15.3. The maximum Gasteiger partial charge on any atom is 0.235 e. The van der Waals surface area contributed by atoms with Crippen molar-refractivity contribution >= 4 is 22.7 Å². The van der Waals surface area contributed by atoms with Crippen molar-refractivity contribution in [2.24, 2.45) is 18.9 Å². The number of piperidine rings is 3. The van der Waals surface area contributed by atoms with Crippen molar-refractivity contribution in [2.75, 3.05) is 32.7 Å². The standard InChI is InChI=1S/C25H34FN5O2/c1-15-13-27-8-5-17(15)14-31-9-6-16(7-10-31)19-12-22-20(11-21(19)26)24(29-30(22)2)18-3-4-23(32)28-25(18)33/h11-12,15-18,27H,3-10,13-14H2,1-2H3,(H,28,32,33)/t15-,17-,18?/m0/s1. The highest BCUT2D eigenvalue weighted by molar-refractivity contribution is 6.02. The minimum absolute atomic E-state index is 0.199. The van der Waals surface area contributed by atoms with E-state index >= 15 is 4.39 Å². The van der Waals surface area contributed by atoms with Gasteiger partial charge in [-0.25, -0.2) is 4.39 Å². The first-order valence-corrected chi connectivity index (χ1v) is 12.3. The largest absolute Gasteiger partial charge is 0.316 e. The van der Waals surface area contributed by atoms with Gasteiger partial charge in [-0.2, -0.15) is 5.10 Å². The molecule has 3 aliphatic rings. The fourth-order valence-corrected chi connectivity index (χ4v) is 5.94. The Hall–Kier alpha value is -2.32. The zero-order valence-electron chi connectivity index (χ0n) is 19.6. The number of fused-ring (bicyclic) bond motifs is 1. The van der Waals surface area contributed by atoms with Crippen LogP contribution in [0.2, 0.25) is 0 Å². The molecule has 0 saturated carbocycles. The van der Waals surface area contributed by atoms with E-state index in [0.717, 1.165) is 62.6 Å². The smallest absolute Gasteiger partial charge is 0.235 e. The molecule has 3 saturated heterocycles. The quantitative estimate of drug-likeness (QED) is 0.693. The average Bonchev–Trinajstić information content (AvgIpc) is 3.10. The minimum atomic E-state index is -0.516. The van der Waals surface area contributed by atoms with E-state index in [1.54, 1.807) is 10.7 Å². The predicted molar refractivity (Wildman–Crippen MR) is 124 cm³/mol. The minimum Gasteiger partial charge on any atom is -0.316 e. The molecule has 4 heterocycles. The predicted octanol–water partition coefficient (Wildman–Crippen LogP) is 2.66. The SMILES string of the molecule is C[C@H]1CNCC[C@H]1CN1CCC(c2cc3c(cc2F)c(C2CCC(=O)NC2=O)nn3C)CC1. The van der Waals surface area contributed by atoms with Gasteiger partial charge >= 0.3 is 0 Å². The number of likely N-dealkylation sites (tertiary alicyclic amines) is 1. The van der Waals surface area contributed by atoms with E-state index in [0.29, 0.717) is 23.4 Å². The number of benzene rings is 1. The summed E-state index contributed by atoms with van der Waals surface area (Å²) in [5.41, 5.74) is 2.17. The molecule has 7 nitrogen and oxygen atoms in total. The lowest BCUT2D eigenvalue weighted by Gasteiger charge is -2.38. The van der Waals surface area contributed by atoms with Crippen LogP contribution >= 0.6 is 0 Å². The molecule has 1 aromatic heterocycles. The molecule has 3 fully saturated rings. The summed E-state index contributed by atoms with van der Waals surface area (Å²) < 4.78 is 17.1. The van der Waals surface area contributed by atoms with Crippen LogP contribution in [0.15, 0.2) is 12.1 Å². The van der Waals surface area contributed by atoms with Crippen LogP contribution < -0.4 is 10.6 Å². The third-order valence-electron chi connectivity index (χ3n) is 8.05. The fourth-order valence-electron chi connectivity index (χ4n) is 5.94. The molecule has 0 radical (unpaired) electrons. The number of carbonyl (C=O) groups excluding carboxylic acids is 2. The summed E-state index contributed by atoms with van der Waals surface area (Å²) >= 11 is 0. The number of hydrogen-bond donors (Lipinski definition) is 2. The van der Waals surface area contributed by atoms with E-state index in [4.69, 9.17) is 0 Å². The van der Waals surface area contributed by atoms with E-state index in [1.165, 1.54) is 6.42 Å². The van der Waals surface area contributed by atoms with Crippen molar-refractivity contribution in [1.82, 2.24) is 25.3 Å². The molecule has 33 heavy (non-hydrogen) atoms. The zero-order valence-corrected chi connectivity index (χ0v) is 19.6. The van der Waals surface area contributed by atoms with E-state index in [2.05, 4.69) is 27.6 Å². The van der Waals surface area contributed by atoms with Gasteiger partial charge in [-0.05, 0) is 87.3 Å². The Kier molecular flexibility index (Phi) is 6.22. The van der Waals surface area contributed by atoms with Gasteiger partial charge in [-0.15, -0.1) is 0 Å². The summed E-state index contributed by atoms with van der Waals surface area (Å²) in [7, 11) is 1.84. The molecule has 0 spiro atoms. The summed E-state index contributed by atoms with van der Waals surface area (Å²) in [5, 5.41) is 11.1. The lowest BCUT2D eigenvalue weighted by Crippen LogP contribution is -2.43. The fraction of sp³-hybridized carbons (Fsp3) is 0.640. The molecule has 3 aliphatic heterocycles. The molecular weight excluding hydrogens is 421 g/mol. The van der Waals surface area contributed by atoms with Crippen molar-refractivity contribution in [3.05, 3.63) is 29.2 Å². The highest BCUT2D eigenvalue weighted by Crippen LogP contribution is 2.36. The van der Waals surface area contributed by atoms with Crippen LogP contribution in [0.3, 0.4) is 0 Å². The van der Waals surface area contributed by atoms with E-state index in [9.17, 15) is 9.59 Å². The topological polar surface area (TPSA) is 79.3 Å². The number of amides is 2. The summed E-state index contributed by atoms with van der Waals surface area (Å²) in [6.07, 6.45) is 3.85. The van der Waals surface area contributed by atoms with Gasteiger partial charge in [0.1, 0.15) is 5.82 Å². The molecule has 2 aromatic rings. The Balaban J connectivity index is 1.31. The first-order chi connectivity index (χ1) is 15.9. The lowest BCUT2D eigenvalue weighted by atomic mass is 9.85. The molecule has 2 N–H and O–H groups in total. The second kappa shape index (κ2) is 9.14. The highest BCUT2D eigenvalue weighted by atomic mass is 19.1. The molecule has 1 unspecified atom stereocenters. The molecule has 1 aromatic carbocycles. The Bertz CT molecular complexity index is 1060. The Labute approximate surface area is 194 Å². The number of rotatable bonds is 4. The maximum atomic E-state index is 15.3. The summed E-state index contributed by atoms with van der Waals surface area (Å²) in [4.78, 5) is 26.4. The lowest BCUT2D eigenvalue weighted by molar-refractivity contribution is -0.134. The third-order valence-corrected chi connectivity index (χ3v) is 8.05. The van der Waals surface area contributed by atoms with Crippen LogP contribution in [0, 0.1) is 17.7 Å². The normalized spacial score (nSPS) is 27.8. The molecule has 3 atom stereocenters. The van der Waals surface area contributed by atoms with Crippen LogP contribution in [0.1, 0.15) is 62.1 Å². The van der Waals surface area contributed by atoms with E-state index in [-0.39, 0.29) is 30.0 Å². The Morgan fingerprint density at radius 1 is 1.15 bits per heavy atom. The second-order valence-corrected chi connectivity index (χ2v) is 10.2. The van der Waals surface area contributed by atoms with Gasteiger partial charge in [0, 0.05) is 25.4 Å². The number of aromatic nitrogens is 2. The number of hydrogen-bond acceptors (Lipinski definition) is 5. The molecule has 0 aliphatic carbocycles. The van der Waals surface area contributed by atoms with Crippen molar-refractivity contribution in [2.45, 2.75) is 50.9 Å². The Morgan fingerprint density at radius 3 is 2.67 bits per heavy atom. The number of imide groups is 1. The summed E-state index contributed by atoms with van der Waals surface area (Å²) in [6, 6.07) is 3.49. The molecule has 0 bridgehead atoms. The van der Waals surface area contributed by atoms with E-state index < -0.39 is 5.92 Å². The van der Waals surface area contributed by atoms with E-state index in [1.807, 2.05) is 13.1 Å². The molecule has 2 amide bonds. The highest BCUT2D eigenvalue weighted by Gasteiger charge is 2.33. The number of halogens is 1. The number of carbonyl (C=O) groups is 2. The van der Waals surface area contributed by atoms with Gasteiger partial charge in [0.2, 0.25) is 11.8 Å². The van der Waals surface area contributed by atoms with Crippen LogP contribution in [-0.2, 0) is 16.6 Å². The first-order valence-electron chi connectivity index (χ1n) is 12.3. The van der Waals surface area contributed by atoms with Crippen molar-refractivity contribution < 1.29 is 14.0 Å². The van der Waals surface area contributed by atoms with Gasteiger partial charge in [0.05, 0.1) is 17.1 Å². The van der Waals surface area contributed by atoms with Crippen molar-refractivity contribution in [3.63, 3.8) is 0 Å². The van der Waals surface area contributed by atoms with Crippen LogP contribution in [0.25, 0.3) is 10.9 Å². The summed E-state index contributed by atoms with van der Waals surface area (Å²) in [6.45, 7) is 7.72. The number of nitrogens with one attached hydrogen (secondary N) is 2. The van der Waals surface area contributed by atoms with Gasteiger partial charge in [-0.3, -0.25) is 19.6 Å². The van der Waals surface area contributed by atoms with Crippen LogP contribution in [-0.4, -0.2) is 59.2 Å².